The smallest absolute Gasteiger partial charge is 0.343 e. The topological polar surface area (TPSA) is 118 Å². The monoisotopic (exact) mass is 431 g/mol. The van der Waals surface area contributed by atoms with Crippen LogP contribution in [0.15, 0.2) is 0 Å². The highest BCUT2D eigenvalue weighted by atomic mass is 16.7. The number of amides is 2. The van der Waals surface area contributed by atoms with Gasteiger partial charge in [-0.25, -0.2) is 4.79 Å². The van der Waals surface area contributed by atoms with Crippen molar-refractivity contribution in [2.24, 2.45) is 11.3 Å². The first-order valence-electron chi connectivity index (χ1n) is 10.2. The minimum atomic E-state index is -1.19. The molecule has 172 valence electrons. The van der Waals surface area contributed by atoms with Gasteiger partial charge >= 0.3 is 5.97 Å². The molecule has 0 radical (unpaired) electrons. The highest BCUT2D eigenvalue weighted by Crippen LogP contribution is 2.21. The molecule has 2 amide bonds. The van der Waals surface area contributed by atoms with Crippen LogP contribution < -0.4 is 0 Å². The number of ether oxygens (including phenoxy) is 4. The van der Waals surface area contributed by atoms with E-state index < -0.39 is 34.9 Å². The Kier molecular flexibility index (Phi) is 11.7. The van der Waals surface area contributed by atoms with E-state index in [1.165, 1.54) is 6.92 Å². The summed E-state index contributed by atoms with van der Waals surface area (Å²) < 4.78 is 22.3. The molecule has 10 heteroatoms. The highest BCUT2D eigenvalue weighted by molar-refractivity contribution is 6.04. The number of imide groups is 1. The number of carbonyl (C=O) groups excluding carboxylic acids is 4. The Morgan fingerprint density at radius 1 is 0.867 bits per heavy atom. The third-order valence-electron chi connectivity index (χ3n) is 4.51. The number of ketones is 1. The molecule has 1 unspecified atom stereocenters. The van der Waals surface area contributed by atoms with Gasteiger partial charge in [0.25, 0.3) is 11.8 Å². The van der Waals surface area contributed by atoms with Crippen molar-refractivity contribution >= 4 is 23.6 Å². The Morgan fingerprint density at radius 2 is 1.30 bits per heavy atom. The average molecular weight is 431 g/mol. The molecule has 1 heterocycles. The van der Waals surface area contributed by atoms with Gasteiger partial charge in [0, 0.05) is 32.7 Å². The SMILES string of the molecule is CCOCC(COCC)(COCC)COCC(=O)C(C)C(=O)ON1C(=O)CCC1=O. The van der Waals surface area contributed by atoms with Crippen LogP contribution in [-0.2, 0) is 43.0 Å². The highest BCUT2D eigenvalue weighted by Gasteiger charge is 2.36. The maximum atomic E-state index is 12.3. The second-order valence-corrected chi connectivity index (χ2v) is 7.08. The van der Waals surface area contributed by atoms with Crippen LogP contribution in [0.2, 0.25) is 0 Å². The van der Waals surface area contributed by atoms with Crippen molar-refractivity contribution in [3.63, 3.8) is 0 Å². The molecule has 1 atom stereocenters. The third kappa shape index (κ3) is 8.10. The van der Waals surface area contributed by atoms with Crippen LogP contribution in [0.25, 0.3) is 0 Å². The van der Waals surface area contributed by atoms with E-state index in [1.807, 2.05) is 20.8 Å². The van der Waals surface area contributed by atoms with Gasteiger partial charge < -0.3 is 23.8 Å². The van der Waals surface area contributed by atoms with Crippen molar-refractivity contribution in [3.8, 4) is 0 Å². The summed E-state index contributed by atoms with van der Waals surface area (Å²) >= 11 is 0. The van der Waals surface area contributed by atoms with Crippen molar-refractivity contribution in [2.75, 3.05) is 52.9 Å². The molecular formula is C20H33NO9. The Hall–Kier alpha value is -1.88. The van der Waals surface area contributed by atoms with Gasteiger partial charge in [-0.3, -0.25) is 14.4 Å². The van der Waals surface area contributed by atoms with Crippen molar-refractivity contribution in [3.05, 3.63) is 0 Å². The van der Waals surface area contributed by atoms with Gasteiger partial charge in [0.2, 0.25) is 0 Å². The number of hydrogen-bond donors (Lipinski definition) is 0. The largest absolute Gasteiger partial charge is 0.381 e. The number of hydroxylamine groups is 2. The molecule has 1 saturated heterocycles. The summed E-state index contributed by atoms with van der Waals surface area (Å²) in [6.07, 6.45) is -0.0295. The van der Waals surface area contributed by atoms with E-state index in [2.05, 4.69) is 0 Å². The van der Waals surface area contributed by atoms with Crippen LogP contribution in [0.4, 0.5) is 0 Å². The van der Waals surface area contributed by atoms with Gasteiger partial charge in [0.05, 0.1) is 31.8 Å². The normalized spacial score (nSPS) is 15.5. The molecule has 1 aliphatic heterocycles. The summed E-state index contributed by atoms with van der Waals surface area (Å²) in [5, 5.41) is 0.421. The van der Waals surface area contributed by atoms with Crippen LogP contribution in [0.1, 0.15) is 40.5 Å². The minimum Gasteiger partial charge on any atom is -0.381 e. The van der Waals surface area contributed by atoms with Gasteiger partial charge in [-0.2, -0.15) is 0 Å². The fourth-order valence-corrected chi connectivity index (χ4v) is 2.66. The molecule has 0 aromatic rings. The maximum absolute atomic E-state index is 12.3. The quantitative estimate of drug-likeness (QED) is 0.259. The first-order chi connectivity index (χ1) is 14.3. The van der Waals surface area contributed by atoms with E-state index in [0.29, 0.717) is 44.7 Å². The maximum Gasteiger partial charge on any atom is 0.343 e. The Morgan fingerprint density at radius 3 is 1.73 bits per heavy atom. The number of hydrogen-bond acceptors (Lipinski definition) is 9. The molecule has 0 aliphatic carbocycles. The summed E-state index contributed by atoms with van der Waals surface area (Å²) in [7, 11) is 0. The molecule has 0 spiro atoms. The Balaban J connectivity index is 2.61. The lowest BCUT2D eigenvalue weighted by molar-refractivity contribution is -0.200. The summed E-state index contributed by atoms with van der Waals surface area (Å²) in [6, 6.07) is 0. The van der Waals surface area contributed by atoms with Gasteiger partial charge in [-0.05, 0) is 27.7 Å². The summed E-state index contributed by atoms with van der Waals surface area (Å²) in [5.41, 5.74) is -0.597. The lowest BCUT2D eigenvalue weighted by atomic mass is 9.92. The molecule has 0 bridgehead atoms. The van der Waals surface area contributed by atoms with E-state index in [-0.39, 0.29) is 26.1 Å². The lowest BCUT2D eigenvalue weighted by Crippen LogP contribution is -2.42. The van der Waals surface area contributed by atoms with E-state index in [0.717, 1.165) is 0 Å². The van der Waals surface area contributed by atoms with E-state index in [1.54, 1.807) is 0 Å². The van der Waals surface area contributed by atoms with Crippen molar-refractivity contribution in [2.45, 2.75) is 40.5 Å². The molecule has 1 aliphatic rings. The van der Waals surface area contributed by atoms with Crippen LogP contribution in [0.5, 0.6) is 0 Å². The Labute approximate surface area is 177 Å². The summed E-state index contributed by atoms with van der Waals surface area (Å²) in [4.78, 5) is 52.3. The first kappa shape index (κ1) is 26.2. The number of nitrogens with zero attached hydrogens (tertiary/aromatic N) is 1. The molecule has 30 heavy (non-hydrogen) atoms. The third-order valence-corrected chi connectivity index (χ3v) is 4.51. The zero-order valence-electron chi connectivity index (χ0n) is 18.3. The van der Waals surface area contributed by atoms with Gasteiger partial charge in [-0.1, -0.05) is 0 Å². The molecule has 0 aromatic heterocycles. The zero-order chi connectivity index (χ0) is 22.6. The minimum absolute atomic E-state index is 0.0148. The molecular weight excluding hydrogens is 398 g/mol. The van der Waals surface area contributed by atoms with Crippen LogP contribution >= 0.6 is 0 Å². The number of rotatable bonds is 16. The van der Waals surface area contributed by atoms with Crippen molar-refractivity contribution < 1.29 is 43.0 Å². The Bertz CT molecular complexity index is 555. The molecule has 0 saturated carbocycles. The summed E-state index contributed by atoms with van der Waals surface area (Å²) in [6.45, 7) is 9.26. The van der Waals surface area contributed by atoms with Crippen LogP contribution in [0, 0.1) is 11.3 Å². The second-order valence-electron chi connectivity index (χ2n) is 7.08. The van der Waals surface area contributed by atoms with Crippen LogP contribution in [0.3, 0.4) is 0 Å². The molecule has 1 fully saturated rings. The predicted octanol–water partition coefficient (Wildman–Crippen LogP) is 0.911. The fourth-order valence-electron chi connectivity index (χ4n) is 2.66. The lowest BCUT2D eigenvalue weighted by Gasteiger charge is -2.32. The molecule has 1 rings (SSSR count). The standard InChI is InChI=1S/C20H33NO9/c1-5-26-11-20(12-27-6-2,13-28-7-3)14-29-10-16(22)15(4)19(25)30-21-17(23)8-9-18(21)24/h15H,5-14H2,1-4H3. The van der Waals surface area contributed by atoms with Gasteiger partial charge in [-0.15, -0.1) is 5.06 Å². The first-order valence-corrected chi connectivity index (χ1v) is 10.2. The number of Topliss-reactive ketones (excluding diaryl/α,β-unsaturated/α-hetero) is 1. The molecule has 10 nitrogen and oxygen atoms in total. The number of carbonyl (C=O) groups is 4. The van der Waals surface area contributed by atoms with Gasteiger partial charge in [0.15, 0.2) is 5.78 Å². The summed E-state index contributed by atoms with van der Waals surface area (Å²) in [5.74, 6) is -3.89. The van der Waals surface area contributed by atoms with Crippen molar-refractivity contribution in [1.82, 2.24) is 5.06 Å². The second kappa shape index (κ2) is 13.4. The fraction of sp³-hybridized carbons (Fsp3) is 0.800. The molecule has 0 N–H and O–H groups in total. The van der Waals surface area contributed by atoms with E-state index in [9.17, 15) is 19.2 Å². The average Bonchev–Trinajstić information content (AvgIpc) is 3.05. The van der Waals surface area contributed by atoms with Gasteiger partial charge in [0.1, 0.15) is 12.5 Å². The molecule has 0 aromatic carbocycles. The zero-order valence-corrected chi connectivity index (χ0v) is 18.3. The van der Waals surface area contributed by atoms with Crippen LogP contribution in [-0.4, -0.2) is 81.5 Å². The van der Waals surface area contributed by atoms with Crippen molar-refractivity contribution in [1.29, 1.82) is 0 Å². The van der Waals surface area contributed by atoms with E-state index in [4.69, 9.17) is 23.8 Å². The predicted molar refractivity (Wildman–Crippen MR) is 104 cm³/mol. The van der Waals surface area contributed by atoms with E-state index >= 15 is 0 Å².